The molecule has 2 rings (SSSR count). The highest BCUT2D eigenvalue weighted by atomic mass is 32.2. The van der Waals surface area contributed by atoms with Gasteiger partial charge in [0.05, 0.1) is 13.2 Å². The van der Waals surface area contributed by atoms with Crippen LogP contribution in [0.2, 0.25) is 0 Å². The summed E-state index contributed by atoms with van der Waals surface area (Å²) < 4.78 is 45.4. The van der Waals surface area contributed by atoms with Gasteiger partial charge in [-0.2, -0.15) is 4.31 Å². The first kappa shape index (κ1) is 19.1. The Bertz CT molecular complexity index is 764. The molecule has 1 aromatic carbocycles. The van der Waals surface area contributed by atoms with Gasteiger partial charge in [0.15, 0.2) is 0 Å². The van der Waals surface area contributed by atoms with Crippen LogP contribution in [0.25, 0.3) is 0 Å². The average molecular weight is 374 g/mol. The number of hydrogen-bond acceptors (Lipinski definition) is 5. The van der Waals surface area contributed by atoms with Crippen LogP contribution in [-0.4, -0.2) is 57.0 Å². The zero-order valence-corrected chi connectivity index (χ0v) is 14.3. The van der Waals surface area contributed by atoms with Gasteiger partial charge in [0.25, 0.3) is 0 Å². The fourth-order valence-electron chi connectivity index (χ4n) is 2.23. The molecule has 0 radical (unpaired) electrons. The number of anilines is 1. The number of halogens is 1. The predicted octanol–water partition coefficient (Wildman–Crippen LogP) is -0.158. The lowest BCUT2D eigenvalue weighted by Gasteiger charge is -2.26. The Morgan fingerprint density at radius 2 is 1.96 bits per heavy atom. The number of carbonyl (C=O) groups excluding carboxylic acids is 2. The standard InChI is InChI=1S/C14H19FN4O5S/c1-9(17-14(16)21)13(20)18-10-2-3-11(15)12(8-10)25(22,23)19-4-6-24-7-5-19/h2-3,8-9H,4-7H2,1H3,(H,18,20)(H3,16,17,21). The SMILES string of the molecule is CC(NC(N)=O)C(=O)Nc1ccc(F)c(S(=O)(=O)N2CCOCC2)c1. The fraction of sp³-hybridized carbons (Fsp3) is 0.429. The molecule has 1 aliphatic rings. The molecule has 1 heterocycles. The number of rotatable bonds is 5. The van der Waals surface area contributed by atoms with E-state index in [9.17, 15) is 22.4 Å². The predicted molar refractivity (Wildman–Crippen MR) is 86.8 cm³/mol. The summed E-state index contributed by atoms with van der Waals surface area (Å²) in [7, 11) is -4.05. The molecule has 1 fully saturated rings. The molecule has 0 aromatic heterocycles. The minimum atomic E-state index is -4.05. The van der Waals surface area contributed by atoms with Gasteiger partial charge in [-0.05, 0) is 25.1 Å². The number of morpholine rings is 1. The molecule has 9 nitrogen and oxygen atoms in total. The zero-order valence-electron chi connectivity index (χ0n) is 13.5. The Labute approximate surface area is 144 Å². The minimum Gasteiger partial charge on any atom is -0.379 e. The maximum atomic E-state index is 14.1. The first-order valence-electron chi connectivity index (χ1n) is 7.46. The fourth-order valence-corrected chi connectivity index (χ4v) is 3.73. The number of sulfonamides is 1. The Hall–Kier alpha value is -2.24. The monoisotopic (exact) mass is 374 g/mol. The number of carbonyl (C=O) groups is 2. The van der Waals surface area contributed by atoms with Crippen molar-refractivity contribution in [2.75, 3.05) is 31.6 Å². The lowest BCUT2D eigenvalue weighted by molar-refractivity contribution is -0.117. The second-order valence-electron chi connectivity index (χ2n) is 5.38. The number of benzene rings is 1. The van der Waals surface area contributed by atoms with Crippen LogP contribution >= 0.6 is 0 Å². The van der Waals surface area contributed by atoms with Gasteiger partial charge >= 0.3 is 6.03 Å². The number of amides is 3. The topological polar surface area (TPSA) is 131 Å². The summed E-state index contributed by atoms with van der Waals surface area (Å²) in [5.41, 5.74) is 5.01. The first-order chi connectivity index (χ1) is 11.7. The molecule has 11 heteroatoms. The highest BCUT2D eigenvalue weighted by Crippen LogP contribution is 2.24. The van der Waals surface area contributed by atoms with Crippen LogP contribution in [0.3, 0.4) is 0 Å². The van der Waals surface area contributed by atoms with Crippen LogP contribution in [0.4, 0.5) is 14.9 Å². The number of urea groups is 1. The third-order valence-electron chi connectivity index (χ3n) is 3.54. The molecule has 0 saturated carbocycles. The lowest BCUT2D eigenvalue weighted by Crippen LogP contribution is -2.44. The van der Waals surface area contributed by atoms with E-state index < -0.39 is 38.7 Å². The van der Waals surface area contributed by atoms with Crippen LogP contribution in [-0.2, 0) is 19.6 Å². The van der Waals surface area contributed by atoms with Crippen molar-refractivity contribution in [3.63, 3.8) is 0 Å². The van der Waals surface area contributed by atoms with Crippen molar-refractivity contribution < 1.29 is 27.1 Å². The van der Waals surface area contributed by atoms with Gasteiger partial charge in [0, 0.05) is 18.8 Å². The molecule has 3 amide bonds. The summed E-state index contributed by atoms with van der Waals surface area (Å²) >= 11 is 0. The normalized spacial score (nSPS) is 16.9. The van der Waals surface area contributed by atoms with Crippen LogP contribution in [0.15, 0.2) is 23.1 Å². The van der Waals surface area contributed by atoms with Gasteiger partial charge in [-0.1, -0.05) is 0 Å². The Kier molecular flexibility index (Phi) is 5.93. The quantitative estimate of drug-likeness (QED) is 0.659. The summed E-state index contributed by atoms with van der Waals surface area (Å²) in [6.07, 6.45) is 0. The second-order valence-corrected chi connectivity index (χ2v) is 7.29. The molecule has 0 aliphatic carbocycles. The molecule has 1 unspecified atom stereocenters. The van der Waals surface area contributed by atoms with E-state index in [1.165, 1.54) is 13.0 Å². The summed E-state index contributed by atoms with van der Waals surface area (Å²) in [6, 6.07) is 1.39. The van der Waals surface area contributed by atoms with Gasteiger partial charge in [-0.15, -0.1) is 0 Å². The molecular formula is C14H19FN4O5S. The number of ether oxygens (including phenoxy) is 1. The van der Waals surface area contributed by atoms with Crippen LogP contribution in [0.5, 0.6) is 0 Å². The third-order valence-corrected chi connectivity index (χ3v) is 5.45. The summed E-state index contributed by atoms with van der Waals surface area (Å²) in [5, 5.41) is 4.59. The molecule has 1 aromatic rings. The molecule has 138 valence electrons. The van der Waals surface area contributed by atoms with Crippen molar-refractivity contribution in [3.05, 3.63) is 24.0 Å². The van der Waals surface area contributed by atoms with Crippen LogP contribution in [0, 0.1) is 5.82 Å². The number of nitrogens with two attached hydrogens (primary N) is 1. The highest BCUT2D eigenvalue weighted by molar-refractivity contribution is 7.89. The van der Waals surface area contributed by atoms with Gasteiger partial charge < -0.3 is 21.1 Å². The summed E-state index contributed by atoms with van der Waals surface area (Å²) in [6.45, 7) is 2.10. The van der Waals surface area contributed by atoms with Crippen molar-refractivity contribution in [3.8, 4) is 0 Å². The molecule has 1 aliphatic heterocycles. The first-order valence-corrected chi connectivity index (χ1v) is 8.90. The van der Waals surface area contributed by atoms with Gasteiger partial charge in [-0.3, -0.25) is 4.79 Å². The lowest BCUT2D eigenvalue weighted by atomic mass is 10.2. The smallest absolute Gasteiger partial charge is 0.312 e. The van der Waals surface area contributed by atoms with Crippen molar-refractivity contribution in [2.45, 2.75) is 17.9 Å². The Morgan fingerprint density at radius 3 is 2.56 bits per heavy atom. The number of nitrogens with one attached hydrogen (secondary N) is 2. The maximum absolute atomic E-state index is 14.1. The molecular weight excluding hydrogens is 355 g/mol. The van der Waals surface area contributed by atoms with E-state index in [1.54, 1.807) is 0 Å². The molecule has 1 saturated heterocycles. The van der Waals surface area contributed by atoms with E-state index in [-0.39, 0.29) is 32.0 Å². The van der Waals surface area contributed by atoms with Gasteiger partial charge in [-0.25, -0.2) is 17.6 Å². The average Bonchev–Trinajstić information content (AvgIpc) is 2.56. The molecule has 0 spiro atoms. The van der Waals surface area contributed by atoms with E-state index in [0.717, 1.165) is 16.4 Å². The minimum absolute atomic E-state index is 0.0800. The molecule has 4 N–H and O–H groups in total. The molecule has 0 bridgehead atoms. The highest BCUT2D eigenvalue weighted by Gasteiger charge is 2.29. The zero-order chi connectivity index (χ0) is 18.6. The van der Waals surface area contributed by atoms with Crippen molar-refractivity contribution in [1.29, 1.82) is 0 Å². The Balaban J connectivity index is 2.22. The van der Waals surface area contributed by atoms with E-state index in [2.05, 4.69) is 10.6 Å². The number of primary amides is 1. The van der Waals surface area contributed by atoms with E-state index in [1.807, 2.05) is 0 Å². The largest absolute Gasteiger partial charge is 0.379 e. The summed E-state index contributed by atoms with van der Waals surface area (Å²) in [4.78, 5) is 22.2. The van der Waals surface area contributed by atoms with Crippen LogP contribution < -0.4 is 16.4 Å². The van der Waals surface area contributed by atoms with Crippen molar-refractivity contribution in [2.24, 2.45) is 5.73 Å². The maximum Gasteiger partial charge on any atom is 0.312 e. The van der Waals surface area contributed by atoms with Gasteiger partial charge in [0.1, 0.15) is 16.8 Å². The van der Waals surface area contributed by atoms with Crippen molar-refractivity contribution in [1.82, 2.24) is 9.62 Å². The molecule has 1 atom stereocenters. The van der Waals surface area contributed by atoms with E-state index in [4.69, 9.17) is 10.5 Å². The van der Waals surface area contributed by atoms with Crippen molar-refractivity contribution >= 4 is 27.6 Å². The number of hydrogen-bond donors (Lipinski definition) is 3. The second kappa shape index (κ2) is 7.76. The van der Waals surface area contributed by atoms with Gasteiger partial charge in [0.2, 0.25) is 15.9 Å². The Morgan fingerprint density at radius 1 is 1.32 bits per heavy atom. The van der Waals surface area contributed by atoms with Crippen LogP contribution in [0.1, 0.15) is 6.92 Å². The molecule has 25 heavy (non-hydrogen) atoms. The van der Waals surface area contributed by atoms with E-state index >= 15 is 0 Å². The van der Waals surface area contributed by atoms with E-state index in [0.29, 0.717) is 0 Å². The summed E-state index contributed by atoms with van der Waals surface area (Å²) in [5.74, 6) is -1.55. The third kappa shape index (κ3) is 4.65. The number of nitrogens with zero attached hydrogens (tertiary/aromatic N) is 1.